The van der Waals surface area contributed by atoms with Gasteiger partial charge in [-0.15, -0.1) is 0 Å². The summed E-state index contributed by atoms with van der Waals surface area (Å²) >= 11 is 0. The van der Waals surface area contributed by atoms with Gasteiger partial charge < -0.3 is 10.2 Å². The number of aliphatic carboxylic acids is 1. The Bertz CT molecular complexity index is 988. The molecule has 0 radical (unpaired) electrons. The molecule has 0 heterocycles. The Kier molecular flexibility index (Phi) is 14.3. The number of unbranched alkanes of at least 4 members (excludes halogenated alkanes) is 11. The third-order valence-corrected chi connectivity index (χ3v) is 14.5. The summed E-state index contributed by atoms with van der Waals surface area (Å²) in [7, 11) is 0. The Labute approximate surface area is 283 Å². The molecule has 4 heteroatoms. The number of allylic oxidation sites excluding steroid dienone is 2. The van der Waals surface area contributed by atoms with Gasteiger partial charge in [-0.1, -0.05) is 91.2 Å². The Morgan fingerprint density at radius 1 is 0.739 bits per heavy atom. The van der Waals surface area contributed by atoms with Crippen molar-refractivity contribution >= 4 is 11.8 Å². The SMILES string of the molecule is CCCCCCCC/C=C\CCCCCCCC(=O)[C@@]1(O)CC[C@@]2(C)C(CC[C@H]3[C@@H]4CC[C@H]([C@H](C)CCC(=O)O)[C@@]4(C)CC[C@@H]32)C1. The second-order valence-corrected chi connectivity index (χ2v) is 17.3. The standard InChI is InChI=1S/C42H72O4/c1-5-6-7-8-9-10-11-12-13-14-15-16-17-18-19-20-38(43)42(46)30-29-40(3)33(31-42)22-23-34-36-25-24-35(32(2)21-26-39(44)45)41(36,4)28-27-37(34)40/h12-13,32-37,46H,5-11,14-31H2,1-4H3,(H,44,45)/b13-12-/t32-,33?,34+,35-,36+,37+,40+,41-,42-/m1/s1. The molecule has 4 nitrogen and oxygen atoms in total. The van der Waals surface area contributed by atoms with Crippen molar-refractivity contribution in [1.82, 2.24) is 0 Å². The molecule has 4 aliphatic rings. The zero-order chi connectivity index (χ0) is 33.2. The molecule has 264 valence electrons. The summed E-state index contributed by atoms with van der Waals surface area (Å²) < 4.78 is 0. The molecular formula is C42H72O4. The first kappa shape index (κ1) is 37.7. The maximum absolute atomic E-state index is 13.4. The summed E-state index contributed by atoms with van der Waals surface area (Å²) in [5.41, 5.74) is -0.510. The molecule has 46 heavy (non-hydrogen) atoms. The fraction of sp³-hybridized carbons (Fsp3) is 0.905. The smallest absolute Gasteiger partial charge is 0.303 e. The zero-order valence-corrected chi connectivity index (χ0v) is 30.5. The van der Waals surface area contributed by atoms with E-state index in [1.165, 1.54) is 103 Å². The first-order valence-corrected chi connectivity index (χ1v) is 20.2. The van der Waals surface area contributed by atoms with Gasteiger partial charge >= 0.3 is 5.97 Å². The van der Waals surface area contributed by atoms with Gasteiger partial charge in [0.1, 0.15) is 5.60 Å². The minimum atomic E-state index is -1.10. The molecule has 4 fully saturated rings. The van der Waals surface area contributed by atoms with E-state index in [4.69, 9.17) is 0 Å². The molecule has 4 rings (SSSR count). The molecule has 0 aromatic heterocycles. The van der Waals surface area contributed by atoms with Gasteiger partial charge in [-0.3, -0.25) is 9.59 Å². The fourth-order valence-corrected chi connectivity index (χ4v) is 11.6. The number of hydrogen-bond acceptors (Lipinski definition) is 3. The van der Waals surface area contributed by atoms with E-state index in [1.807, 2.05) is 0 Å². The van der Waals surface area contributed by atoms with E-state index < -0.39 is 11.6 Å². The van der Waals surface area contributed by atoms with Crippen LogP contribution in [0.4, 0.5) is 0 Å². The Hall–Kier alpha value is -1.16. The molecule has 0 aromatic rings. The second-order valence-electron chi connectivity index (χ2n) is 17.3. The lowest BCUT2D eigenvalue weighted by atomic mass is 9.43. The topological polar surface area (TPSA) is 74.6 Å². The zero-order valence-electron chi connectivity index (χ0n) is 30.5. The Morgan fingerprint density at radius 3 is 2.04 bits per heavy atom. The predicted octanol–water partition coefficient (Wildman–Crippen LogP) is 11.5. The molecule has 0 bridgehead atoms. The van der Waals surface area contributed by atoms with Crippen LogP contribution in [0.2, 0.25) is 0 Å². The van der Waals surface area contributed by atoms with Crippen molar-refractivity contribution in [2.24, 2.45) is 46.3 Å². The van der Waals surface area contributed by atoms with Crippen molar-refractivity contribution in [2.75, 3.05) is 0 Å². The third kappa shape index (κ3) is 9.09. The largest absolute Gasteiger partial charge is 0.481 e. The van der Waals surface area contributed by atoms with Gasteiger partial charge in [0, 0.05) is 12.8 Å². The van der Waals surface area contributed by atoms with Crippen molar-refractivity contribution in [1.29, 1.82) is 0 Å². The summed E-state index contributed by atoms with van der Waals surface area (Å²) in [5.74, 6) is 3.27. The second kappa shape index (κ2) is 17.5. The van der Waals surface area contributed by atoms with Crippen LogP contribution < -0.4 is 0 Å². The number of carbonyl (C=O) groups excluding carboxylic acids is 1. The van der Waals surface area contributed by atoms with Crippen LogP contribution in [-0.4, -0.2) is 27.6 Å². The lowest BCUT2D eigenvalue weighted by molar-refractivity contribution is -0.167. The lowest BCUT2D eigenvalue weighted by Crippen LogP contribution is -2.57. The summed E-state index contributed by atoms with van der Waals surface area (Å²) in [6, 6.07) is 0. The molecule has 0 spiro atoms. The summed E-state index contributed by atoms with van der Waals surface area (Å²) in [6.45, 7) is 9.65. The van der Waals surface area contributed by atoms with Crippen LogP contribution in [-0.2, 0) is 9.59 Å². The van der Waals surface area contributed by atoms with Crippen LogP contribution in [0.3, 0.4) is 0 Å². The molecular weight excluding hydrogens is 568 g/mol. The number of fused-ring (bicyclic) bond motifs is 5. The molecule has 2 N–H and O–H groups in total. The molecule has 0 aliphatic heterocycles. The van der Waals surface area contributed by atoms with Gasteiger partial charge in [-0.05, 0) is 143 Å². The van der Waals surface area contributed by atoms with E-state index in [0.717, 1.165) is 43.9 Å². The highest BCUT2D eigenvalue weighted by atomic mass is 16.4. The first-order valence-electron chi connectivity index (χ1n) is 20.2. The van der Waals surface area contributed by atoms with Gasteiger partial charge in [0.2, 0.25) is 0 Å². The normalized spacial score (nSPS) is 36.2. The van der Waals surface area contributed by atoms with Gasteiger partial charge in [-0.25, -0.2) is 0 Å². The van der Waals surface area contributed by atoms with E-state index in [1.54, 1.807) is 0 Å². The van der Waals surface area contributed by atoms with Gasteiger partial charge in [0.25, 0.3) is 0 Å². The average Bonchev–Trinajstić information content (AvgIpc) is 3.39. The van der Waals surface area contributed by atoms with E-state index >= 15 is 0 Å². The quantitative estimate of drug-likeness (QED) is 0.103. The number of Topliss-reactive ketones (excluding diaryl/α,β-unsaturated/α-hetero) is 1. The highest BCUT2D eigenvalue weighted by molar-refractivity contribution is 5.87. The number of carboxylic acids is 1. The Balaban J connectivity index is 1.15. The van der Waals surface area contributed by atoms with E-state index in [2.05, 4.69) is 39.8 Å². The molecule has 4 saturated carbocycles. The maximum atomic E-state index is 13.4. The van der Waals surface area contributed by atoms with Crippen LogP contribution in [0, 0.1) is 46.3 Å². The van der Waals surface area contributed by atoms with Crippen LogP contribution in [0.5, 0.6) is 0 Å². The van der Waals surface area contributed by atoms with Crippen molar-refractivity contribution < 1.29 is 19.8 Å². The molecule has 0 saturated heterocycles. The predicted molar refractivity (Wildman–Crippen MR) is 191 cm³/mol. The summed E-state index contributed by atoms with van der Waals surface area (Å²) in [6.07, 6.45) is 32.6. The van der Waals surface area contributed by atoms with Crippen molar-refractivity contribution in [3.8, 4) is 0 Å². The molecule has 0 aromatic carbocycles. The number of hydrogen-bond donors (Lipinski definition) is 2. The highest BCUT2D eigenvalue weighted by Gasteiger charge is 2.62. The van der Waals surface area contributed by atoms with E-state index in [0.29, 0.717) is 54.8 Å². The van der Waals surface area contributed by atoms with E-state index in [-0.39, 0.29) is 11.2 Å². The highest BCUT2D eigenvalue weighted by Crippen LogP contribution is 2.69. The lowest BCUT2D eigenvalue weighted by Gasteiger charge is -2.62. The number of aliphatic hydroxyl groups is 1. The third-order valence-electron chi connectivity index (χ3n) is 14.5. The van der Waals surface area contributed by atoms with Gasteiger partial charge in [-0.2, -0.15) is 0 Å². The van der Waals surface area contributed by atoms with Crippen molar-refractivity contribution in [3.05, 3.63) is 12.2 Å². The molecule has 4 aliphatic carbocycles. The molecule has 0 amide bonds. The van der Waals surface area contributed by atoms with Crippen molar-refractivity contribution in [3.63, 3.8) is 0 Å². The van der Waals surface area contributed by atoms with Gasteiger partial charge in [0.15, 0.2) is 5.78 Å². The molecule has 9 atom stereocenters. The number of ketones is 1. The number of carboxylic acid groups (broad SMARTS) is 1. The minimum Gasteiger partial charge on any atom is -0.481 e. The molecule has 1 unspecified atom stereocenters. The number of carbonyl (C=O) groups is 2. The Morgan fingerprint density at radius 2 is 1.37 bits per heavy atom. The first-order chi connectivity index (χ1) is 22.0. The van der Waals surface area contributed by atoms with E-state index in [9.17, 15) is 19.8 Å². The summed E-state index contributed by atoms with van der Waals surface area (Å²) in [5, 5.41) is 20.9. The number of rotatable bonds is 20. The average molecular weight is 641 g/mol. The maximum Gasteiger partial charge on any atom is 0.303 e. The monoisotopic (exact) mass is 641 g/mol. The minimum absolute atomic E-state index is 0.125. The van der Waals surface area contributed by atoms with Gasteiger partial charge in [0.05, 0.1) is 0 Å². The van der Waals surface area contributed by atoms with Crippen molar-refractivity contribution in [2.45, 2.75) is 194 Å². The fourth-order valence-electron chi connectivity index (χ4n) is 11.6. The van der Waals surface area contributed by atoms with Crippen LogP contribution in [0.15, 0.2) is 12.2 Å². The van der Waals surface area contributed by atoms with Crippen LogP contribution >= 0.6 is 0 Å². The van der Waals surface area contributed by atoms with Crippen LogP contribution in [0.1, 0.15) is 188 Å². The summed E-state index contributed by atoms with van der Waals surface area (Å²) in [4.78, 5) is 24.7. The van der Waals surface area contributed by atoms with Crippen LogP contribution in [0.25, 0.3) is 0 Å².